The van der Waals surface area contributed by atoms with E-state index in [4.69, 9.17) is 0 Å². The summed E-state index contributed by atoms with van der Waals surface area (Å²) in [7, 11) is 1.70. The van der Waals surface area contributed by atoms with Gasteiger partial charge < -0.3 is 4.90 Å². The summed E-state index contributed by atoms with van der Waals surface area (Å²) in [4.78, 5) is 24.6. The first-order chi connectivity index (χ1) is 11.1. The van der Waals surface area contributed by atoms with Crippen molar-refractivity contribution in [2.24, 2.45) is 0 Å². The van der Waals surface area contributed by atoms with Crippen LogP contribution in [0.15, 0.2) is 42.5 Å². The monoisotopic (exact) mass is 326 g/mol. The van der Waals surface area contributed by atoms with Crippen LogP contribution in [0.1, 0.15) is 42.3 Å². The van der Waals surface area contributed by atoms with Crippen molar-refractivity contribution in [3.63, 3.8) is 0 Å². The number of nitro groups is 1. The maximum atomic E-state index is 12.6. The molecule has 5 nitrogen and oxygen atoms in total. The van der Waals surface area contributed by atoms with Crippen LogP contribution in [0.5, 0.6) is 0 Å². The minimum atomic E-state index is -0.446. The average molecular weight is 326 g/mol. The molecule has 0 aliphatic carbocycles. The highest BCUT2D eigenvalue weighted by Gasteiger charge is 2.18. The van der Waals surface area contributed by atoms with Gasteiger partial charge in [-0.2, -0.15) is 0 Å². The fourth-order valence-corrected chi connectivity index (χ4v) is 2.49. The summed E-state index contributed by atoms with van der Waals surface area (Å²) in [6, 6.07) is 12.3. The summed E-state index contributed by atoms with van der Waals surface area (Å²) in [6.07, 6.45) is 0. The van der Waals surface area contributed by atoms with E-state index in [2.05, 4.69) is 20.8 Å². The minimum absolute atomic E-state index is 0.0173. The Kier molecular flexibility index (Phi) is 4.73. The van der Waals surface area contributed by atoms with Gasteiger partial charge in [-0.25, -0.2) is 0 Å². The molecule has 0 saturated carbocycles. The first-order valence-electron chi connectivity index (χ1n) is 7.75. The van der Waals surface area contributed by atoms with Crippen molar-refractivity contribution in [3.8, 4) is 0 Å². The Morgan fingerprint density at radius 2 is 1.67 bits per heavy atom. The second-order valence-corrected chi connectivity index (χ2v) is 6.92. The Balaban J connectivity index is 2.26. The van der Waals surface area contributed by atoms with Crippen molar-refractivity contribution < 1.29 is 9.72 Å². The zero-order valence-corrected chi connectivity index (χ0v) is 14.7. The quantitative estimate of drug-likeness (QED) is 0.617. The van der Waals surface area contributed by atoms with E-state index in [1.165, 1.54) is 17.7 Å². The SMILES string of the molecule is Cc1cc(C(=O)N(C)c2ccc(C(C)(C)C)cc2)ccc1[N+](=O)[O-]. The summed E-state index contributed by atoms with van der Waals surface area (Å²) < 4.78 is 0. The Hall–Kier alpha value is -2.69. The van der Waals surface area contributed by atoms with Crippen LogP contribution < -0.4 is 4.90 Å². The molecule has 0 aliphatic rings. The topological polar surface area (TPSA) is 63.5 Å². The Morgan fingerprint density at radius 3 is 2.12 bits per heavy atom. The first kappa shape index (κ1) is 17.7. The normalized spacial score (nSPS) is 11.2. The molecule has 0 saturated heterocycles. The molecule has 2 rings (SSSR count). The molecule has 0 radical (unpaired) electrons. The number of carbonyl (C=O) groups is 1. The first-order valence-corrected chi connectivity index (χ1v) is 7.75. The predicted octanol–water partition coefficient (Wildman–Crippen LogP) is 4.48. The Morgan fingerprint density at radius 1 is 1.08 bits per heavy atom. The maximum absolute atomic E-state index is 12.6. The van der Waals surface area contributed by atoms with Crippen LogP contribution in [0.25, 0.3) is 0 Å². The maximum Gasteiger partial charge on any atom is 0.272 e. The van der Waals surface area contributed by atoms with E-state index in [1.807, 2.05) is 24.3 Å². The number of carbonyl (C=O) groups excluding carboxylic acids is 1. The highest BCUT2D eigenvalue weighted by molar-refractivity contribution is 6.06. The van der Waals surface area contributed by atoms with Gasteiger partial charge >= 0.3 is 0 Å². The standard InChI is InChI=1S/C19H22N2O3/c1-13-12-14(6-11-17(13)21(23)24)18(22)20(5)16-9-7-15(8-10-16)19(2,3)4/h6-12H,1-5H3. The highest BCUT2D eigenvalue weighted by Crippen LogP contribution is 2.26. The van der Waals surface area contributed by atoms with Crippen LogP contribution in [-0.2, 0) is 5.41 Å². The van der Waals surface area contributed by atoms with Gasteiger partial charge in [0.05, 0.1) is 4.92 Å². The van der Waals surface area contributed by atoms with Crippen LogP contribution >= 0.6 is 0 Å². The van der Waals surface area contributed by atoms with Crippen LogP contribution in [0, 0.1) is 17.0 Å². The van der Waals surface area contributed by atoms with Gasteiger partial charge in [-0.1, -0.05) is 32.9 Å². The Bertz CT molecular complexity index is 774. The number of rotatable bonds is 3. The van der Waals surface area contributed by atoms with E-state index in [1.54, 1.807) is 24.9 Å². The van der Waals surface area contributed by atoms with E-state index in [-0.39, 0.29) is 17.0 Å². The molecule has 126 valence electrons. The molecule has 5 heteroatoms. The van der Waals surface area contributed by atoms with Gasteiger partial charge in [0.15, 0.2) is 0 Å². The molecular formula is C19H22N2O3. The van der Waals surface area contributed by atoms with Crippen LogP contribution in [-0.4, -0.2) is 17.9 Å². The molecule has 0 spiro atoms. The van der Waals surface area contributed by atoms with Crippen molar-refractivity contribution in [3.05, 3.63) is 69.3 Å². The number of nitro benzene ring substituents is 1. The fraction of sp³-hybridized carbons (Fsp3) is 0.316. The second kappa shape index (κ2) is 6.43. The third-order valence-corrected chi connectivity index (χ3v) is 4.07. The van der Waals surface area contributed by atoms with Crippen molar-refractivity contribution in [1.82, 2.24) is 0 Å². The van der Waals surface area contributed by atoms with E-state index in [9.17, 15) is 14.9 Å². The number of hydrogen-bond donors (Lipinski definition) is 0. The molecule has 2 aromatic carbocycles. The molecule has 1 amide bonds. The summed E-state index contributed by atoms with van der Waals surface area (Å²) in [6.45, 7) is 8.04. The molecular weight excluding hydrogens is 304 g/mol. The molecule has 0 bridgehead atoms. The van der Waals surface area contributed by atoms with Crippen molar-refractivity contribution >= 4 is 17.3 Å². The van der Waals surface area contributed by atoms with E-state index in [0.29, 0.717) is 11.1 Å². The van der Waals surface area contributed by atoms with Gasteiger partial charge in [-0.3, -0.25) is 14.9 Å². The number of anilines is 1. The number of benzene rings is 2. The summed E-state index contributed by atoms with van der Waals surface area (Å²) >= 11 is 0. The lowest BCUT2D eigenvalue weighted by Gasteiger charge is -2.22. The lowest BCUT2D eigenvalue weighted by Crippen LogP contribution is -2.26. The van der Waals surface area contributed by atoms with Gasteiger partial charge in [0, 0.05) is 29.9 Å². The predicted molar refractivity (Wildman–Crippen MR) is 95.7 cm³/mol. The Labute approximate surface area is 142 Å². The number of aryl methyl sites for hydroxylation is 1. The molecule has 24 heavy (non-hydrogen) atoms. The van der Waals surface area contributed by atoms with Gasteiger partial charge in [0.2, 0.25) is 0 Å². The number of amides is 1. The third kappa shape index (κ3) is 3.62. The molecule has 0 aromatic heterocycles. The number of hydrogen-bond acceptors (Lipinski definition) is 3. The third-order valence-electron chi connectivity index (χ3n) is 4.07. The summed E-state index contributed by atoms with van der Waals surface area (Å²) in [5.74, 6) is -0.198. The molecule has 0 aliphatic heterocycles. The lowest BCUT2D eigenvalue weighted by molar-refractivity contribution is -0.385. The minimum Gasteiger partial charge on any atom is -0.311 e. The molecule has 0 N–H and O–H groups in total. The highest BCUT2D eigenvalue weighted by atomic mass is 16.6. The zero-order chi connectivity index (χ0) is 18.1. The van der Waals surface area contributed by atoms with Crippen LogP contribution in [0.4, 0.5) is 11.4 Å². The van der Waals surface area contributed by atoms with Crippen molar-refractivity contribution in [2.75, 3.05) is 11.9 Å². The van der Waals surface area contributed by atoms with E-state index >= 15 is 0 Å². The smallest absolute Gasteiger partial charge is 0.272 e. The van der Waals surface area contributed by atoms with Gasteiger partial charge in [-0.15, -0.1) is 0 Å². The van der Waals surface area contributed by atoms with E-state index < -0.39 is 4.92 Å². The lowest BCUT2D eigenvalue weighted by atomic mass is 9.87. The molecule has 0 heterocycles. The van der Waals surface area contributed by atoms with Crippen LogP contribution in [0.3, 0.4) is 0 Å². The summed E-state index contributed by atoms with van der Waals surface area (Å²) in [5.41, 5.74) is 2.95. The largest absolute Gasteiger partial charge is 0.311 e. The van der Waals surface area contributed by atoms with Gasteiger partial charge in [0.25, 0.3) is 11.6 Å². The number of nitrogens with zero attached hydrogens (tertiary/aromatic N) is 2. The summed E-state index contributed by atoms with van der Waals surface area (Å²) in [5, 5.41) is 10.9. The second-order valence-electron chi connectivity index (χ2n) is 6.92. The van der Waals surface area contributed by atoms with Gasteiger partial charge in [-0.05, 0) is 42.2 Å². The molecule has 0 fully saturated rings. The van der Waals surface area contributed by atoms with Crippen molar-refractivity contribution in [2.45, 2.75) is 33.1 Å². The molecule has 0 unspecified atom stereocenters. The van der Waals surface area contributed by atoms with Gasteiger partial charge in [0.1, 0.15) is 0 Å². The average Bonchev–Trinajstić information content (AvgIpc) is 2.52. The van der Waals surface area contributed by atoms with E-state index in [0.717, 1.165) is 5.69 Å². The van der Waals surface area contributed by atoms with Crippen LogP contribution in [0.2, 0.25) is 0 Å². The fourth-order valence-electron chi connectivity index (χ4n) is 2.49. The molecule has 2 aromatic rings. The zero-order valence-electron chi connectivity index (χ0n) is 14.7. The van der Waals surface area contributed by atoms with Crippen molar-refractivity contribution in [1.29, 1.82) is 0 Å². The molecule has 0 atom stereocenters.